The van der Waals surface area contributed by atoms with Gasteiger partial charge in [-0.2, -0.15) is 0 Å². The fraction of sp³-hybridized carbons (Fsp3) is 0.667. The Balaban J connectivity index is 1.99. The molecule has 0 saturated carbocycles. The van der Waals surface area contributed by atoms with Gasteiger partial charge in [0.25, 0.3) is 0 Å². The van der Waals surface area contributed by atoms with Crippen LogP contribution in [0, 0.1) is 0 Å². The third-order valence-corrected chi connectivity index (χ3v) is 4.36. The number of nitrogens with one attached hydrogen (secondary N) is 1. The molecule has 1 fully saturated rings. The molecule has 1 aromatic rings. The monoisotopic (exact) mass is 290 g/mol. The molecule has 118 valence electrons. The van der Waals surface area contributed by atoms with Gasteiger partial charge in [-0.05, 0) is 64.9 Å². The Morgan fingerprint density at radius 2 is 1.95 bits per heavy atom. The second kappa shape index (κ2) is 7.81. The van der Waals surface area contributed by atoms with Gasteiger partial charge in [-0.3, -0.25) is 4.90 Å². The Morgan fingerprint density at radius 1 is 1.24 bits per heavy atom. The molecule has 3 heteroatoms. The van der Waals surface area contributed by atoms with Crippen molar-refractivity contribution in [3.63, 3.8) is 0 Å². The zero-order valence-corrected chi connectivity index (χ0v) is 13.9. The molecule has 1 aliphatic rings. The smallest absolute Gasteiger partial charge is 0.119 e. The van der Waals surface area contributed by atoms with Crippen molar-refractivity contribution < 1.29 is 4.74 Å². The van der Waals surface area contributed by atoms with E-state index in [2.05, 4.69) is 62.3 Å². The Morgan fingerprint density at radius 3 is 2.52 bits per heavy atom. The van der Waals surface area contributed by atoms with E-state index in [0.717, 1.165) is 12.3 Å². The van der Waals surface area contributed by atoms with Crippen LogP contribution in [0.25, 0.3) is 0 Å². The maximum absolute atomic E-state index is 5.72. The van der Waals surface area contributed by atoms with Crippen LogP contribution in [0.15, 0.2) is 24.3 Å². The lowest BCUT2D eigenvalue weighted by Gasteiger charge is -2.36. The molecule has 1 saturated heterocycles. The molecule has 2 unspecified atom stereocenters. The van der Waals surface area contributed by atoms with Crippen LogP contribution < -0.4 is 10.1 Å². The van der Waals surface area contributed by atoms with E-state index in [1.165, 1.54) is 31.4 Å². The number of ether oxygens (including phenoxy) is 1. The maximum Gasteiger partial charge on any atom is 0.119 e. The number of nitrogens with zero attached hydrogens (tertiary/aromatic N) is 1. The molecular weight excluding hydrogens is 260 g/mol. The van der Waals surface area contributed by atoms with Gasteiger partial charge in [0, 0.05) is 18.6 Å². The van der Waals surface area contributed by atoms with E-state index in [4.69, 9.17) is 4.74 Å². The first-order chi connectivity index (χ1) is 10.1. The van der Waals surface area contributed by atoms with Gasteiger partial charge in [-0.25, -0.2) is 0 Å². The van der Waals surface area contributed by atoms with Crippen LogP contribution in [0.4, 0.5) is 0 Å². The van der Waals surface area contributed by atoms with Gasteiger partial charge in [0.05, 0.1) is 6.10 Å². The fourth-order valence-corrected chi connectivity index (χ4v) is 3.08. The van der Waals surface area contributed by atoms with Crippen molar-refractivity contribution in [1.82, 2.24) is 10.2 Å². The van der Waals surface area contributed by atoms with Crippen LogP contribution in [-0.2, 0) is 0 Å². The van der Waals surface area contributed by atoms with E-state index in [0.29, 0.717) is 12.1 Å². The summed E-state index contributed by atoms with van der Waals surface area (Å²) in [5.41, 5.74) is 1.34. The average Bonchev–Trinajstić information content (AvgIpc) is 2.47. The Labute approximate surface area is 129 Å². The highest BCUT2D eigenvalue weighted by molar-refractivity contribution is 5.29. The lowest BCUT2D eigenvalue weighted by Crippen LogP contribution is -2.42. The topological polar surface area (TPSA) is 24.5 Å². The van der Waals surface area contributed by atoms with Gasteiger partial charge in [0.2, 0.25) is 0 Å². The molecule has 0 aliphatic carbocycles. The Hall–Kier alpha value is -1.06. The summed E-state index contributed by atoms with van der Waals surface area (Å²) in [5.74, 6) is 0.954. The highest BCUT2D eigenvalue weighted by atomic mass is 16.5. The SMILES string of the molecule is CNC(CN1CCCCC1C)c1ccc(OC(C)C)cc1. The maximum atomic E-state index is 5.72. The molecule has 2 rings (SSSR count). The van der Waals surface area contributed by atoms with Gasteiger partial charge in [-0.1, -0.05) is 18.6 Å². The van der Waals surface area contributed by atoms with Crippen LogP contribution in [0.5, 0.6) is 5.75 Å². The van der Waals surface area contributed by atoms with Crippen LogP contribution in [0.2, 0.25) is 0 Å². The second-order valence-corrected chi connectivity index (χ2v) is 6.42. The van der Waals surface area contributed by atoms with Crippen LogP contribution >= 0.6 is 0 Å². The van der Waals surface area contributed by atoms with Crippen LogP contribution in [-0.4, -0.2) is 37.2 Å². The van der Waals surface area contributed by atoms with E-state index < -0.39 is 0 Å². The van der Waals surface area contributed by atoms with Crippen LogP contribution in [0.3, 0.4) is 0 Å². The van der Waals surface area contributed by atoms with E-state index in [9.17, 15) is 0 Å². The summed E-state index contributed by atoms with van der Waals surface area (Å²) in [6.07, 6.45) is 4.27. The summed E-state index contributed by atoms with van der Waals surface area (Å²) in [5, 5.41) is 3.46. The van der Waals surface area contributed by atoms with Gasteiger partial charge >= 0.3 is 0 Å². The van der Waals surface area contributed by atoms with E-state index >= 15 is 0 Å². The number of piperidine rings is 1. The zero-order chi connectivity index (χ0) is 15.2. The molecule has 0 radical (unpaired) electrons. The number of benzene rings is 1. The van der Waals surface area contributed by atoms with Gasteiger partial charge in [-0.15, -0.1) is 0 Å². The lowest BCUT2D eigenvalue weighted by atomic mass is 10.0. The third kappa shape index (κ3) is 4.72. The lowest BCUT2D eigenvalue weighted by molar-refractivity contribution is 0.146. The normalized spacial score (nSPS) is 21.5. The largest absolute Gasteiger partial charge is 0.491 e. The number of hydrogen-bond acceptors (Lipinski definition) is 3. The predicted molar refractivity (Wildman–Crippen MR) is 88.9 cm³/mol. The van der Waals surface area contributed by atoms with Crippen molar-refractivity contribution in [2.45, 2.75) is 58.2 Å². The van der Waals surface area contributed by atoms with E-state index in [1.54, 1.807) is 0 Å². The molecule has 1 aromatic carbocycles. The molecule has 1 aliphatic heterocycles. The Kier molecular flexibility index (Phi) is 6.07. The van der Waals surface area contributed by atoms with Crippen molar-refractivity contribution in [3.05, 3.63) is 29.8 Å². The Bertz CT molecular complexity index is 416. The second-order valence-electron chi connectivity index (χ2n) is 6.42. The van der Waals surface area contributed by atoms with Gasteiger partial charge in [0.1, 0.15) is 5.75 Å². The van der Waals surface area contributed by atoms with Crippen LogP contribution in [0.1, 0.15) is 51.6 Å². The summed E-state index contributed by atoms with van der Waals surface area (Å²) in [6, 6.07) is 9.64. The third-order valence-electron chi connectivity index (χ3n) is 4.36. The highest BCUT2D eigenvalue weighted by Crippen LogP contribution is 2.23. The number of likely N-dealkylation sites (tertiary alicyclic amines) is 1. The summed E-state index contributed by atoms with van der Waals surface area (Å²) >= 11 is 0. The van der Waals surface area contributed by atoms with Crippen molar-refractivity contribution in [2.24, 2.45) is 0 Å². The van der Waals surface area contributed by atoms with Crippen molar-refractivity contribution in [1.29, 1.82) is 0 Å². The number of likely N-dealkylation sites (N-methyl/N-ethyl adjacent to an activating group) is 1. The average molecular weight is 290 g/mol. The minimum atomic E-state index is 0.227. The minimum Gasteiger partial charge on any atom is -0.491 e. The minimum absolute atomic E-state index is 0.227. The zero-order valence-electron chi connectivity index (χ0n) is 13.9. The van der Waals surface area contributed by atoms with Crippen molar-refractivity contribution >= 4 is 0 Å². The van der Waals surface area contributed by atoms with E-state index in [1.807, 2.05) is 0 Å². The summed E-state index contributed by atoms with van der Waals surface area (Å²) < 4.78 is 5.72. The number of hydrogen-bond donors (Lipinski definition) is 1. The first kappa shape index (κ1) is 16.3. The van der Waals surface area contributed by atoms with Gasteiger partial charge in [0.15, 0.2) is 0 Å². The molecule has 1 N–H and O–H groups in total. The van der Waals surface area contributed by atoms with E-state index in [-0.39, 0.29) is 6.10 Å². The first-order valence-electron chi connectivity index (χ1n) is 8.28. The summed E-state index contributed by atoms with van der Waals surface area (Å²) in [7, 11) is 2.05. The summed E-state index contributed by atoms with van der Waals surface area (Å²) in [4.78, 5) is 2.61. The van der Waals surface area contributed by atoms with Gasteiger partial charge < -0.3 is 10.1 Å². The quantitative estimate of drug-likeness (QED) is 0.866. The molecule has 0 bridgehead atoms. The highest BCUT2D eigenvalue weighted by Gasteiger charge is 2.21. The summed E-state index contributed by atoms with van der Waals surface area (Å²) in [6.45, 7) is 8.78. The molecule has 2 atom stereocenters. The predicted octanol–water partition coefficient (Wildman–Crippen LogP) is 3.61. The molecule has 21 heavy (non-hydrogen) atoms. The molecule has 0 amide bonds. The molecule has 3 nitrogen and oxygen atoms in total. The molecule has 0 aromatic heterocycles. The molecule has 0 spiro atoms. The first-order valence-corrected chi connectivity index (χ1v) is 8.28. The molecular formula is C18H30N2O. The van der Waals surface area contributed by atoms with Crippen molar-refractivity contribution in [3.8, 4) is 5.75 Å². The molecule has 1 heterocycles. The van der Waals surface area contributed by atoms with Crippen molar-refractivity contribution in [2.75, 3.05) is 20.1 Å². The standard InChI is InChI=1S/C18H30N2O/c1-14(2)21-17-10-8-16(9-11-17)18(19-4)13-20-12-6-5-7-15(20)3/h8-11,14-15,18-19H,5-7,12-13H2,1-4H3. The number of rotatable bonds is 6. The fourth-order valence-electron chi connectivity index (χ4n) is 3.08.